The van der Waals surface area contributed by atoms with E-state index in [9.17, 15) is 18.0 Å². The molecule has 3 aromatic rings. The van der Waals surface area contributed by atoms with Crippen molar-refractivity contribution >= 4 is 44.3 Å². The Morgan fingerprint density at radius 2 is 1.63 bits per heavy atom. The third-order valence-corrected chi connectivity index (χ3v) is 5.86. The standard InChI is InChI=1S/C21H19ClN2O5S/c22-18-8-5-15(6-9-18)12-23-20(25)14-29-21(26)13-24-30(27,28)19-10-7-16-3-1-2-4-17(16)11-19/h1-11,24H,12-14H2,(H,23,25). The van der Waals surface area contributed by atoms with Crippen LogP contribution < -0.4 is 10.0 Å². The molecule has 0 aromatic heterocycles. The van der Waals surface area contributed by atoms with Crippen molar-refractivity contribution in [3.8, 4) is 0 Å². The molecule has 3 rings (SSSR count). The monoisotopic (exact) mass is 446 g/mol. The van der Waals surface area contributed by atoms with E-state index in [1.165, 1.54) is 12.1 Å². The molecule has 0 atom stereocenters. The quantitative estimate of drug-likeness (QED) is 0.518. The number of hydrogen-bond acceptors (Lipinski definition) is 5. The van der Waals surface area contributed by atoms with Crippen molar-refractivity contribution in [3.05, 3.63) is 77.3 Å². The highest BCUT2D eigenvalue weighted by Crippen LogP contribution is 2.18. The van der Waals surface area contributed by atoms with Crippen LogP contribution >= 0.6 is 11.6 Å². The van der Waals surface area contributed by atoms with Gasteiger partial charge in [-0.05, 0) is 40.6 Å². The van der Waals surface area contributed by atoms with Crippen molar-refractivity contribution in [1.82, 2.24) is 10.0 Å². The highest BCUT2D eigenvalue weighted by molar-refractivity contribution is 7.89. The van der Waals surface area contributed by atoms with Crippen molar-refractivity contribution in [2.45, 2.75) is 11.4 Å². The number of fused-ring (bicyclic) bond motifs is 1. The van der Waals surface area contributed by atoms with Crippen LogP contribution in [0.3, 0.4) is 0 Å². The lowest BCUT2D eigenvalue weighted by molar-refractivity contribution is -0.147. The van der Waals surface area contributed by atoms with E-state index in [2.05, 4.69) is 10.0 Å². The predicted molar refractivity (Wildman–Crippen MR) is 113 cm³/mol. The minimum Gasteiger partial charge on any atom is -0.455 e. The normalized spacial score (nSPS) is 11.2. The zero-order chi connectivity index (χ0) is 21.6. The van der Waals surface area contributed by atoms with Crippen molar-refractivity contribution < 1.29 is 22.7 Å². The van der Waals surface area contributed by atoms with Crippen LogP contribution in [0.4, 0.5) is 0 Å². The maximum atomic E-state index is 12.4. The number of benzene rings is 3. The molecule has 0 heterocycles. The summed E-state index contributed by atoms with van der Waals surface area (Å²) in [7, 11) is -3.90. The molecule has 2 N–H and O–H groups in total. The highest BCUT2D eigenvalue weighted by atomic mass is 35.5. The average molecular weight is 447 g/mol. The van der Waals surface area contributed by atoms with E-state index < -0.39 is 35.1 Å². The predicted octanol–water partition coefficient (Wildman–Crippen LogP) is 2.63. The van der Waals surface area contributed by atoms with E-state index in [1.807, 2.05) is 18.2 Å². The number of amides is 1. The number of carbonyl (C=O) groups is 2. The molecule has 0 fully saturated rings. The number of ether oxygens (including phenoxy) is 1. The van der Waals surface area contributed by atoms with E-state index >= 15 is 0 Å². The molecule has 0 bridgehead atoms. The fraction of sp³-hybridized carbons (Fsp3) is 0.143. The van der Waals surface area contributed by atoms with Gasteiger partial charge < -0.3 is 10.1 Å². The molecule has 0 saturated carbocycles. The Bertz CT molecular complexity index is 1160. The first-order valence-electron chi connectivity index (χ1n) is 8.99. The van der Waals surface area contributed by atoms with Crippen LogP contribution in [0.25, 0.3) is 10.8 Å². The van der Waals surface area contributed by atoms with Gasteiger partial charge in [0.1, 0.15) is 6.54 Å². The zero-order valence-corrected chi connectivity index (χ0v) is 17.4. The number of nitrogens with one attached hydrogen (secondary N) is 2. The fourth-order valence-corrected chi connectivity index (χ4v) is 3.75. The minimum absolute atomic E-state index is 0.0368. The summed E-state index contributed by atoms with van der Waals surface area (Å²) < 4.78 is 31.8. The molecule has 9 heteroatoms. The van der Waals surface area contributed by atoms with Gasteiger partial charge in [-0.1, -0.05) is 54.1 Å². The lowest BCUT2D eigenvalue weighted by atomic mass is 10.1. The van der Waals surface area contributed by atoms with Gasteiger partial charge in [0.25, 0.3) is 5.91 Å². The largest absolute Gasteiger partial charge is 0.455 e. The van der Waals surface area contributed by atoms with Crippen LogP contribution in [-0.4, -0.2) is 33.4 Å². The second-order valence-electron chi connectivity index (χ2n) is 6.40. The Labute approximate surface area is 179 Å². The van der Waals surface area contributed by atoms with Gasteiger partial charge in [0.15, 0.2) is 6.61 Å². The maximum Gasteiger partial charge on any atom is 0.321 e. The van der Waals surface area contributed by atoms with Crippen LogP contribution in [0.2, 0.25) is 5.02 Å². The molecular formula is C21H19ClN2O5S. The number of rotatable bonds is 8. The van der Waals surface area contributed by atoms with Gasteiger partial charge in [-0.15, -0.1) is 0 Å². The summed E-state index contributed by atoms with van der Waals surface area (Å²) in [4.78, 5) is 23.6. The minimum atomic E-state index is -3.90. The summed E-state index contributed by atoms with van der Waals surface area (Å²) >= 11 is 5.79. The molecule has 7 nitrogen and oxygen atoms in total. The summed E-state index contributed by atoms with van der Waals surface area (Å²) in [6, 6.07) is 18.9. The third kappa shape index (κ3) is 6.03. The molecule has 0 aliphatic carbocycles. The van der Waals surface area contributed by atoms with Crippen molar-refractivity contribution in [3.63, 3.8) is 0 Å². The molecular weight excluding hydrogens is 428 g/mol. The number of sulfonamides is 1. The SMILES string of the molecule is O=C(COC(=O)CNS(=O)(=O)c1ccc2ccccc2c1)NCc1ccc(Cl)cc1. The molecule has 0 spiro atoms. The second kappa shape index (κ2) is 9.71. The molecule has 3 aromatic carbocycles. The summed E-state index contributed by atoms with van der Waals surface area (Å²) in [5, 5.41) is 4.85. The van der Waals surface area contributed by atoms with Crippen LogP contribution in [0.15, 0.2) is 71.6 Å². The van der Waals surface area contributed by atoms with Crippen molar-refractivity contribution in [1.29, 1.82) is 0 Å². The Hall–Kier alpha value is -2.94. The van der Waals surface area contributed by atoms with E-state index in [0.29, 0.717) is 5.02 Å². The van der Waals surface area contributed by atoms with Gasteiger partial charge in [-0.3, -0.25) is 9.59 Å². The summed E-state index contributed by atoms with van der Waals surface area (Å²) in [5.41, 5.74) is 0.835. The van der Waals surface area contributed by atoms with Crippen LogP contribution in [0.1, 0.15) is 5.56 Å². The van der Waals surface area contributed by atoms with Crippen molar-refractivity contribution in [2.75, 3.05) is 13.2 Å². The topological polar surface area (TPSA) is 102 Å². The fourth-order valence-electron chi connectivity index (χ4n) is 2.62. The number of halogens is 1. The van der Waals surface area contributed by atoms with E-state index in [0.717, 1.165) is 16.3 Å². The number of hydrogen-bond donors (Lipinski definition) is 2. The van der Waals surface area contributed by atoms with Gasteiger partial charge in [0.2, 0.25) is 10.0 Å². The molecule has 1 amide bonds. The average Bonchev–Trinajstić information content (AvgIpc) is 2.75. The third-order valence-electron chi connectivity index (χ3n) is 4.20. The van der Waals surface area contributed by atoms with E-state index in [1.54, 1.807) is 36.4 Å². The number of carbonyl (C=O) groups excluding carboxylic acids is 2. The highest BCUT2D eigenvalue weighted by Gasteiger charge is 2.17. The Morgan fingerprint density at radius 3 is 2.37 bits per heavy atom. The Kier molecular flexibility index (Phi) is 7.04. The van der Waals surface area contributed by atoms with Gasteiger partial charge in [0, 0.05) is 11.6 Å². The zero-order valence-electron chi connectivity index (χ0n) is 15.8. The van der Waals surface area contributed by atoms with E-state index in [-0.39, 0.29) is 11.4 Å². The Balaban J connectivity index is 1.45. The summed E-state index contributed by atoms with van der Waals surface area (Å²) in [6.07, 6.45) is 0. The molecule has 0 radical (unpaired) electrons. The Morgan fingerprint density at radius 1 is 0.933 bits per heavy atom. The first-order chi connectivity index (χ1) is 14.3. The summed E-state index contributed by atoms with van der Waals surface area (Å²) in [6.45, 7) is -0.841. The van der Waals surface area contributed by atoms with Crippen molar-refractivity contribution in [2.24, 2.45) is 0 Å². The number of esters is 1. The molecule has 0 aliphatic heterocycles. The van der Waals surface area contributed by atoms with Crippen LogP contribution in [0.5, 0.6) is 0 Å². The first kappa shape index (κ1) is 21.8. The van der Waals surface area contributed by atoms with Gasteiger partial charge in [-0.2, -0.15) is 4.72 Å². The molecule has 0 aliphatic rings. The second-order valence-corrected chi connectivity index (χ2v) is 8.60. The summed E-state index contributed by atoms with van der Waals surface area (Å²) in [5.74, 6) is -1.36. The molecule has 156 valence electrons. The molecule has 30 heavy (non-hydrogen) atoms. The van der Waals surface area contributed by atoms with Gasteiger partial charge in [0.05, 0.1) is 4.90 Å². The molecule has 0 unspecified atom stereocenters. The van der Waals surface area contributed by atoms with Gasteiger partial charge in [-0.25, -0.2) is 8.42 Å². The maximum absolute atomic E-state index is 12.4. The van der Waals surface area contributed by atoms with E-state index in [4.69, 9.17) is 16.3 Å². The lowest BCUT2D eigenvalue weighted by Crippen LogP contribution is -2.33. The van der Waals surface area contributed by atoms with Crippen LogP contribution in [0, 0.1) is 0 Å². The van der Waals surface area contributed by atoms with Crippen LogP contribution in [-0.2, 0) is 30.9 Å². The first-order valence-corrected chi connectivity index (χ1v) is 10.8. The smallest absolute Gasteiger partial charge is 0.321 e. The lowest BCUT2D eigenvalue weighted by Gasteiger charge is -2.09. The molecule has 0 saturated heterocycles. The van der Waals surface area contributed by atoms with Gasteiger partial charge >= 0.3 is 5.97 Å².